The van der Waals surface area contributed by atoms with Crippen LogP contribution in [0.1, 0.15) is 135 Å². The van der Waals surface area contributed by atoms with Crippen molar-refractivity contribution >= 4 is 21.4 Å². The Morgan fingerprint density at radius 2 is 1.03 bits per heavy atom. The lowest BCUT2D eigenvalue weighted by atomic mass is 10.0. The molecule has 0 aliphatic rings. The fourth-order valence-corrected chi connectivity index (χ4v) is 5.45. The second-order valence-corrected chi connectivity index (χ2v) is 11.6. The van der Waals surface area contributed by atoms with Crippen LogP contribution in [0.4, 0.5) is 0 Å². The van der Waals surface area contributed by atoms with Gasteiger partial charge in [-0.3, -0.25) is 9.59 Å². The second kappa shape index (κ2) is 23.0. The van der Waals surface area contributed by atoms with E-state index in [-0.39, 0.29) is 23.1 Å². The Morgan fingerprint density at radius 1 is 0.606 bits per heavy atom. The van der Waals surface area contributed by atoms with E-state index in [1.54, 1.807) is 0 Å². The lowest BCUT2D eigenvalue weighted by molar-refractivity contribution is -0.119. The molecule has 0 heterocycles. The van der Waals surface area contributed by atoms with Crippen LogP contribution in [0.15, 0.2) is 0 Å². The molecule has 0 aliphatic heterocycles. The average Bonchev–Trinajstić information content (AvgIpc) is 2.76. The fourth-order valence-electron chi connectivity index (χ4n) is 4.03. The highest BCUT2D eigenvalue weighted by Crippen LogP contribution is 2.13. The summed E-state index contributed by atoms with van der Waals surface area (Å²) in [6.07, 6.45) is 20.0. The summed E-state index contributed by atoms with van der Waals surface area (Å²) in [7, 11) is -3.33. The van der Waals surface area contributed by atoms with E-state index in [2.05, 4.69) is 11.8 Å². The molecule has 0 saturated carbocycles. The quantitative estimate of drug-likeness (QED) is 0.114. The van der Waals surface area contributed by atoms with Crippen LogP contribution in [0.25, 0.3) is 0 Å². The van der Waals surface area contributed by atoms with E-state index >= 15 is 0 Å². The molecule has 0 aromatic rings. The molecular formula is C26H51NO5S. The summed E-state index contributed by atoms with van der Waals surface area (Å²) < 4.78 is 24.3. The fraction of sp³-hybridized carbons (Fsp3) is 0.923. The summed E-state index contributed by atoms with van der Waals surface area (Å²) >= 11 is 0. The van der Waals surface area contributed by atoms with E-state index in [9.17, 15) is 18.0 Å². The zero-order valence-electron chi connectivity index (χ0n) is 21.3. The molecule has 2 N–H and O–H groups in total. The van der Waals surface area contributed by atoms with Gasteiger partial charge in [0.05, 0.1) is 12.4 Å². The van der Waals surface area contributed by atoms with Crippen LogP contribution >= 0.6 is 0 Å². The maximum Gasteiger partial charge on any atom is 0.157 e. The highest BCUT2D eigenvalue weighted by molar-refractivity contribution is 7.92. The van der Waals surface area contributed by atoms with Gasteiger partial charge in [-0.25, -0.2) is 14.3 Å². The van der Waals surface area contributed by atoms with Gasteiger partial charge in [-0.05, 0) is 25.7 Å². The van der Waals surface area contributed by atoms with Crippen LogP contribution in [0.5, 0.6) is 0 Å². The van der Waals surface area contributed by atoms with Crippen molar-refractivity contribution in [3.8, 4) is 0 Å². The van der Waals surface area contributed by atoms with Crippen molar-refractivity contribution < 1.29 is 22.8 Å². The van der Waals surface area contributed by atoms with Gasteiger partial charge in [0.1, 0.15) is 17.3 Å². The van der Waals surface area contributed by atoms with Crippen LogP contribution < -0.4 is 5.90 Å². The third-order valence-electron chi connectivity index (χ3n) is 6.07. The Labute approximate surface area is 203 Å². The Morgan fingerprint density at radius 3 is 1.55 bits per heavy atom. The van der Waals surface area contributed by atoms with Crippen molar-refractivity contribution in [1.29, 1.82) is 0 Å². The molecule has 0 radical (unpaired) electrons. The summed E-state index contributed by atoms with van der Waals surface area (Å²) in [5.74, 6) is 4.62. The first kappa shape index (κ1) is 32.2. The third-order valence-corrected chi connectivity index (χ3v) is 7.74. The van der Waals surface area contributed by atoms with Crippen LogP contribution in [-0.4, -0.2) is 38.1 Å². The highest BCUT2D eigenvalue weighted by Gasteiger charge is 2.16. The monoisotopic (exact) mass is 489 g/mol. The number of carbonyl (C=O) groups excluding carboxylic acids is 2. The lowest BCUT2D eigenvalue weighted by Gasteiger charge is -2.05. The Kier molecular flexibility index (Phi) is 22.4. The number of hydrogen-bond donors (Lipinski definition) is 1. The number of rotatable bonds is 26. The largest absolute Gasteiger partial charge is 0.305 e. The van der Waals surface area contributed by atoms with E-state index < -0.39 is 9.84 Å². The van der Waals surface area contributed by atoms with Gasteiger partial charge in [0, 0.05) is 19.3 Å². The molecule has 0 saturated heterocycles. The molecule has 6 nitrogen and oxygen atoms in total. The molecule has 0 aromatic heterocycles. The maximum absolute atomic E-state index is 12.1. The number of hydrogen-bond acceptors (Lipinski definition) is 6. The standard InChI is InChI=1S/C26H51NO5S/c1-2-3-4-5-6-7-8-9-10-11-12-13-15-20-26(29)24-33(30,31)23-17-14-16-19-25(28)21-18-22-32-27/h2-24,27H2,1H3. The second-order valence-electron chi connectivity index (χ2n) is 9.45. The normalized spacial score (nSPS) is 11.7. The first-order valence-corrected chi connectivity index (χ1v) is 15.3. The average molecular weight is 490 g/mol. The number of sulfone groups is 1. The van der Waals surface area contributed by atoms with Gasteiger partial charge in [0.2, 0.25) is 0 Å². The minimum Gasteiger partial charge on any atom is -0.305 e. The SMILES string of the molecule is CCCCCCCCCCCCCCCC(=O)CS(=O)(=O)CCCCCC(=O)CCCON. The summed E-state index contributed by atoms with van der Waals surface area (Å²) in [6, 6.07) is 0. The van der Waals surface area contributed by atoms with Gasteiger partial charge < -0.3 is 4.84 Å². The van der Waals surface area contributed by atoms with Crippen LogP contribution in [0, 0.1) is 0 Å². The molecule has 196 valence electrons. The molecule has 0 bridgehead atoms. The van der Waals surface area contributed by atoms with Crippen molar-refractivity contribution in [2.75, 3.05) is 18.1 Å². The molecule has 0 aromatic carbocycles. The molecule has 0 unspecified atom stereocenters. The van der Waals surface area contributed by atoms with E-state index in [4.69, 9.17) is 5.90 Å². The highest BCUT2D eigenvalue weighted by atomic mass is 32.2. The van der Waals surface area contributed by atoms with Gasteiger partial charge in [0.25, 0.3) is 0 Å². The molecule has 0 spiro atoms. The van der Waals surface area contributed by atoms with E-state index in [0.717, 1.165) is 19.3 Å². The zero-order valence-corrected chi connectivity index (χ0v) is 22.1. The molecule has 0 aliphatic carbocycles. The van der Waals surface area contributed by atoms with Gasteiger partial charge in [0.15, 0.2) is 9.84 Å². The molecule has 0 rings (SSSR count). The predicted octanol–water partition coefficient (Wildman–Crippen LogP) is 6.25. The lowest BCUT2D eigenvalue weighted by Crippen LogP contribution is -2.18. The molecule has 33 heavy (non-hydrogen) atoms. The Bertz CT molecular complexity index is 577. The smallest absolute Gasteiger partial charge is 0.157 e. The molecule has 0 amide bonds. The van der Waals surface area contributed by atoms with Crippen LogP contribution in [0.3, 0.4) is 0 Å². The van der Waals surface area contributed by atoms with Crippen molar-refractivity contribution in [1.82, 2.24) is 0 Å². The minimum absolute atomic E-state index is 0.0343. The summed E-state index contributed by atoms with van der Waals surface area (Å²) in [5, 5.41) is 0. The molecular weight excluding hydrogens is 438 g/mol. The number of ketones is 2. The molecule has 0 fully saturated rings. The van der Waals surface area contributed by atoms with E-state index in [1.807, 2.05) is 0 Å². The Balaban J connectivity index is 3.56. The predicted molar refractivity (Wildman–Crippen MR) is 137 cm³/mol. The van der Waals surface area contributed by atoms with Crippen LogP contribution in [0.2, 0.25) is 0 Å². The van der Waals surface area contributed by atoms with Gasteiger partial charge >= 0.3 is 0 Å². The Hall–Kier alpha value is -0.790. The summed E-state index contributed by atoms with van der Waals surface area (Å²) in [6.45, 7) is 2.62. The minimum atomic E-state index is -3.33. The first-order valence-electron chi connectivity index (χ1n) is 13.5. The number of carbonyl (C=O) groups is 2. The van der Waals surface area contributed by atoms with Crippen molar-refractivity contribution in [3.05, 3.63) is 0 Å². The van der Waals surface area contributed by atoms with Gasteiger partial charge in [-0.2, -0.15) is 0 Å². The van der Waals surface area contributed by atoms with Gasteiger partial charge in [-0.15, -0.1) is 0 Å². The van der Waals surface area contributed by atoms with E-state index in [0.29, 0.717) is 51.6 Å². The van der Waals surface area contributed by atoms with Gasteiger partial charge in [-0.1, -0.05) is 90.4 Å². The number of unbranched alkanes of at least 4 members (excludes halogenated alkanes) is 14. The molecule has 0 atom stereocenters. The van der Waals surface area contributed by atoms with Crippen molar-refractivity contribution in [2.24, 2.45) is 5.90 Å². The number of Topliss-reactive ketones (excluding diaryl/α,β-unsaturated/α-hetero) is 2. The topological polar surface area (TPSA) is 104 Å². The molecule has 7 heteroatoms. The third kappa shape index (κ3) is 24.1. The van der Waals surface area contributed by atoms with E-state index in [1.165, 1.54) is 64.2 Å². The maximum atomic E-state index is 12.1. The zero-order chi connectivity index (χ0) is 24.6. The summed E-state index contributed by atoms with van der Waals surface area (Å²) in [4.78, 5) is 28.1. The van der Waals surface area contributed by atoms with Crippen molar-refractivity contribution in [3.63, 3.8) is 0 Å². The van der Waals surface area contributed by atoms with Crippen molar-refractivity contribution in [2.45, 2.75) is 135 Å². The summed E-state index contributed by atoms with van der Waals surface area (Å²) in [5.41, 5.74) is 0. The first-order chi connectivity index (χ1) is 15.9. The van der Waals surface area contributed by atoms with Crippen LogP contribution in [-0.2, 0) is 24.3 Å². The number of nitrogens with two attached hydrogens (primary N) is 1.